The van der Waals surface area contributed by atoms with Crippen LogP contribution < -0.4 is 5.73 Å². The molecule has 11 heavy (non-hydrogen) atoms. The number of rotatable bonds is 0. The van der Waals surface area contributed by atoms with Gasteiger partial charge in [0.25, 0.3) is 0 Å². The Morgan fingerprint density at radius 1 is 1.36 bits per heavy atom. The minimum atomic E-state index is 0.835. The zero-order chi connectivity index (χ0) is 7.84. The van der Waals surface area contributed by atoms with E-state index in [0.717, 1.165) is 20.3 Å². The van der Waals surface area contributed by atoms with E-state index in [1.54, 1.807) is 0 Å². The second-order valence-electron chi connectivity index (χ2n) is 2.43. The molecule has 0 bridgehead atoms. The zero-order valence-corrected chi connectivity index (χ0v) is 7.92. The van der Waals surface area contributed by atoms with Gasteiger partial charge in [0.2, 0.25) is 0 Å². The molecular weight excluding hydrogens is 251 g/mol. The van der Waals surface area contributed by atoms with Gasteiger partial charge in [-0.2, -0.15) is 0 Å². The summed E-state index contributed by atoms with van der Waals surface area (Å²) in [6.07, 6.45) is 0. The molecule has 0 saturated carbocycles. The number of nitrogen functional groups attached to an aromatic ring is 1. The monoisotopic (exact) mass is 258 g/mol. The van der Waals surface area contributed by atoms with Gasteiger partial charge in [0.15, 0.2) is 0 Å². The molecule has 0 aliphatic carbocycles. The Kier molecular flexibility index (Phi) is 1.52. The number of hydrogen-bond acceptors (Lipinski definition) is 1. The predicted molar refractivity (Wildman–Crippen MR) is 55.4 cm³/mol. The first kappa shape index (κ1) is 6.97. The average molecular weight is 258 g/mol. The maximum absolute atomic E-state index is 5.75. The topological polar surface area (TPSA) is 41.8 Å². The number of hydrogen-bond donors (Lipinski definition) is 2. The van der Waals surface area contributed by atoms with Crippen molar-refractivity contribution in [2.24, 2.45) is 0 Å². The van der Waals surface area contributed by atoms with Gasteiger partial charge in [-0.05, 0) is 40.8 Å². The SMILES string of the molecule is Nc1cccc2[nH]c(I)cc12. The number of H-pyrrole nitrogens is 1. The van der Waals surface area contributed by atoms with Crippen LogP contribution in [0.2, 0.25) is 0 Å². The molecule has 0 unspecified atom stereocenters. The number of anilines is 1. The Labute approximate surface area is 77.9 Å². The fourth-order valence-corrected chi connectivity index (χ4v) is 1.75. The van der Waals surface area contributed by atoms with Crippen molar-refractivity contribution in [3.63, 3.8) is 0 Å². The number of fused-ring (bicyclic) bond motifs is 1. The van der Waals surface area contributed by atoms with Gasteiger partial charge in [-0.25, -0.2) is 0 Å². The van der Waals surface area contributed by atoms with E-state index >= 15 is 0 Å². The number of nitrogens with one attached hydrogen (secondary N) is 1. The Hall–Kier alpha value is -0.710. The summed E-state index contributed by atoms with van der Waals surface area (Å²) in [5.41, 5.74) is 7.69. The molecule has 1 heterocycles. The van der Waals surface area contributed by atoms with Crippen LogP contribution in [0.4, 0.5) is 5.69 Å². The van der Waals surface area contributed by atoms with Crippen LogP contribution in [0.15, 0.2) is 24.3 Å². The van der Waals surface area contributed by atoms with E-state index in [2.05, 4.69) is 27.6 Å². The lowest BCUT2D eigenvalue weighted by atomic mass is 10.2. The Morgan fingerprint density at radius 3 is 2.91 bits per heavy atom. The number of aromatic nitrogens is 1. The van der Waals surface area contributed by atoms with E-state index in [1.165, 1.54) is 0 Å². The molecule has 0 aliphatic rings. The molecule has 0 saturated heterocycles. The Balaban J connectivity index is 2.90. The molecule has 0 aliphatic heterocycles. The van der Waals surface area contributed by atoms with Crippen LogP contribution in [0.25, 0.3) is 10.9 Å². The quantitative estimate of drug-likeness (QED) is 0.552. The lowest BCUT2D eigenvalue weighted by molar-refractivity contribution is 1.41. The first-order chi connectivity index (χ1) is 5.27. The number of nitrogens with two attached hydrogens (primary N) is 1. The highest BCUT2D eigenvalue weighted by molar-refractivity contribution is 14.1. The molecule has 0 atom stereocenters. The summed E-state index contributed by atoms with van der Waals surface area (Å²) in [4.78, 5) is 3.21. The van der Waals surface area contributed by atoms with Crippen LogP contribution in [-0.4, -0.2) is 4.98 Å². The van der Waals surface area contributed by atoms with Crippen molar-refractivity contribution in [2.75, 3.05) is 5.73 Å². The fraction of sp³-hybridized carbons (Fsp3) is 0. The van der Waals surface area contributed by atoms with Gasteiger partial charge in [0, 0.05) is 16.6 Å². The van der Waals surface area contributed by atoms with Gasteiger partial charge in [0.1, 0.15) is 0 Å². The molecule has 2 nitrogen and oxygen atoms in total. The van der Waals surface area contributed by atoms with Crippen molar-refractivity contribution in [2.45, 2.75) is 0 Å². The zero-order valence-electron chi connectivity index (χ0n) is 5.76. The first-order valence-corrected chi connectivity index (χ1v) is 4.38. The smallest absolute Gasteiger partial charge is 0.0783 e. The van der Waals surface area contributed by atoms with Crippen LogP contribution in [0.3, 0.4) is 0 Å². The molecule has 0 fully saturated rings. The van der Waals surface area contributed by atoms with E-state index in [9.17, 15) is 0 Å². The summed E-state index contributed by atoms with van der Waals surface area (Å²) in [6.45, 7) is 0. The minimum Gasteiger partial charge on any atom is -0.398 e. The van der Waals surface area contributed by atoms with Gasteiger partial charge in [-0.15, -0.1) is 0 Å². The van der Waals surface area contributed by atoms with Crippen molar-refractivity contribution in [1.82, 2.24) is 4.98 Å². The van der Waals surface area contributed by atoms with Crippen molar-refractivity contribution < 1.29 is 0 Å². The van der Waals surface area contributed by atoms with E-state index < -0.39 is 0 Å². The highest BCUT2D eigenvalue weighted by atomic mass is 127. The molecule has 0 radical (unpaired) electrons. The lowest BCUT2D eigenvalue weighted by Crippen LogP contribution is -1.82. The Morgan fingerprint density at radius 2 is 2.18 bits per heavy atom. The second-order valence-corrected chi connectivity index (χ2v) is 3.59. The summed E-state index contributed by atoms with van der Waals surface area (Å²) in [5, 5.41) is 1.11. The van der Waals surface area contributed by atoms with E-state index in [0.29, 0.717) is 0 Å². The molecule has 3 heteroatoms. The van der Waals surface area contributed by atoms with Crippen LogP contribution in [0.5, 0.6) is 0 Å². The fourth-order valence-electron chi connectivity index (χ4n) is 1.14. The summed E-state index contributed by atoms with van der Waals surface area (Å²) in [7, 11) is 0. The van der Waals surface area contributed by atoms with Crippen LogP contribution in [0, 0.1) is 3.70 Å². The largest absolute Gasteiger partial charge is 0.398 e. The third-order valence-electron chi connectivity index (χ3n) is 1.66. The molecule has 56 valence electrons. The number of benzene rings is 1. The average Bonchev–Trinajstić information content (AvgIpc) is 2.31. The van der Waals surface area contributed by atoms with Gasteiger partial charge in [-0.1, -0.05) is 6.07 Å². The van der Waals surface area contributed by atoms with Crippen molar-refractivity contribution in [1.29, 1.82) is 0 Å². The summed E-state index contributed by atoms with van der Waals surface area (Å²) in [6, 6.07) is 7.93. The van der Waals surface area contributed by atoms with Crippen molar-refractivity contribution in [3.05, 3.63) is 28.0 Å². The van der Waals surface area contributed by atoms with E-state index in [4.69, 9.17) is 5.73 Å². The van der Waals surface area contributed by atoms with Crippen LogP contribution in [0.1, 0.15) is 0 Å². The minimum absolute atomic E-state index is 0.835. The maximum atomic E-state index is 5.75. The summed E-state index contributed by atoms with van der Waals surface area (Å²) < 4.78 is 1.12. The molecular formula is C8H7IN2. The third-order valence-corrected chi connectivity index (χ3v) is 2.25. The highest BCUT2D eigenvalue weighted by Crippen LogP contribution is 2.21. The summed E-state index contributed by atoms with van der Waals surface area (Å²) >= 11 is 2.24. The first-order valence-electron chi connectivity index (χ1n) is 3.30. The molecule has 1 aromatic heterocycles. The molecule has 2 aromatic rings. The molecule has 0 spiro atoms. The maximum Gasteiger partial charge on any atom is 0.0783 e. The van der Waals surface area contributed by atoms with Gasteiger partial charge >= 0.3 is 0 Å². The third kappa shape index (κ3) is 1.09. The van der Waals surface area contributed by atoms with E-state index in [-0.39, 0.29) is 0 Å². The normalized spacial score (nSPS) is 10.6. The molecule has 2 rings (SSSR count). The van der Waals surface area contributed by atoms with Crippen molar-refractivity contribution >= 4 is 39.2 Å². The number of halogens is 1. The van der Waals surface area contributed by atoms with Crippen LogP contribution >= 0.6 is 22.6 Å². The summed E-state index contributed by atoms with van der Waals surface area (Å²) in [5.74, 6) is 0. The van der Waals surface area contributed by atoms with Gasteiger partial charge in [-0.3, -0.25) is 0 Å². The lowest BCUT2D eigenvalue weighted by Gasteiger charge is -1.92. The Bertz CT molecular complexity index is 392. The predicted octanol–water partition coefficient (Wildman–Crippen LogP) is 2.35. The van der Waals surface area contributed by atoms with Gasteiger partial charge in [0.05, 0.1) is 3.70 Å². The second kappa shape index (κ2) is 2.41. The van der Waals surface area contributed by atoms with Crippen LogP contribution in [-0.2, 0) is 0 Å². The molecule has 1 aromatic carbocycles. The van der Waals surface area contributed by atoms with Gasteiger partial charge < -0.3 is 10.7 Å². The standard InChI is InChI=1S/C8H7IN2/c9-8-4-5-6(10)2-1-3-7(5)11-8/h1-4,11H,10H2. The van der Waals surface area contributed by atoms with E-state index in [1.807, 2.05) is 24.3 Å². The van der Waals surface area contributed by atoms with Crippen molar-refractivity contribution in [3.8, 4) is 0 Å². The molecule has 0 amide bonds. The highest BCUT2D eigenvalue weighted by Gasteiger charge is 1.99. The molecule has 3 N–H and O–H groups in total. The number of aromatic amines is 1.